The van der Waals surface area contributed by atoms with Crippen LogP contribution in [0, 0.1) is 11.6 Å². The molecule has 0 aliphatic heterocycles. The number of carbonyl (C=O) groups excluding carboxylic acids is 1. The van der Waals surface area contributed by atoms with Gasteiger partial charge in [0, 0.05) is 12.1 Å². The van der Waals surface area contributed by atoms with Gasteiger partial charge in [-0.25, -0.2) is 17.2 Å². The van der Waals surface area contributed by atoms with Crippen molar-refractivity contribution in [1.29, 1.82) is 0 Å². The molecule has 0 fully saturated rings. The molecule has 2 aromatic rings. The highest BCUT2D eigenvalue weighted by molar-refractivity contribution is 7.92. The van der Waals surface area contributed by atoms with Gasteiger partial charge in [0.1, 0.15) is 6.54 Å². The molecule has 0 radical (unpaired) electrons. The van der Waals surface area contributed by atoms with Gasteiger partial charge in [-0.2, -0.15) is 0 Å². The van der Waals surface area contributed by atoms with E-state index in [0.717, 1.165) is 12.1 Å². The van der Waals surface area contributed by atoms with E-state index < -0.39 is 34.2 Å². The van der Waals surface area contributed by atoms with Gasteiger partial charge in [0.05, 0.1) is 31.4 Å². The maximum Gasteiger partial charge on any atom is 0.326 e. The van der Waals surface area contributed by atoms with Crippen molar-refractivity contribution in [3.63, 3.8) is 0 Å². The Hall–Kier alpha value is -2.88. The van der Waals surface area contributed by atoms with E-state index in [0.29, 0.717) is 16.1 Å². The van der Waals surface area contributed by atoms with E-state index in [-0.39, 0.29) is 22.9 Å². The van der Waals surface area contributed by atoms with Gasteiger partial charge >= 0.3 is 5.97 Å². The molecule has 0 heterocycles. The summed E-state index contributed by atoms with van der Waals surface area (Å²) < 4.78 is 68.9. The van der Waals surface area contributed by atoms with Crippen molar-refractivity contribution in [2.75, 3.05) is 31.7 Å². The minimum Gasteiger partial charge on any atom is -0.493 e. The number of carbonyl (C=O) groups is 1. The van der Waals surface area contributed by atoms with Crippen LogP contribution in [0.25, 0.3) is 0 Å². The lowest BCUT2D eigenvalue weighted by Crippen LogP contribution is -2.36. The molecule has 0 aliphatic carbocycles. The van der Waals surface area contributed by atoms with E-state index in [1.54, 1.807) is 6.92 Å². The van der Waals surface area contributed by atoms with Crippen LogP contribution in [0.3, 0.4) is 0 Å². The van der Waals surface area contributed by atoms with Crippen molar-refractivity contribution in [2.45, 2.75) is 11.8 Å². The minimum absolute atomic E-state index is 0.0286. The van der Waals surface area contributed by atoms with Gasteiger partial charge in [0.15, 0.2) is 23.1 Å². The highest BCUT2D eigenvalue weighted by atomic mass is 32.2. The molecule has 7 nitrogen and oxygen atoms in total. The fourth-order valence-electron chi connectivity index (χ4n) is 2.38. The molecule has 152 valence electrons. The summed E-state index contributed by atoms with van der Waals surface area (Å²) in [6.07, 6.45) is 0. The van der Waals surface area contributed by atoms with Crippen molar-refractivity contribution >= 4 is 21.7 Å². The fourth-order valence-corrected chi connectivity index (χ4v) is 3.80. The van der Waals surface area contributed by atoms with Gasteiger partial charge in [-0.3, -0.25) is 9.10 Å². The Morgan fingerprint density at radius 1 is 1.00 bits per heavy atom. The molecular weight excluding hydrogens is 396 g/mol. The smallest absolute Gasteiger partial charge is 0.326 e. The summed E-state index contributed by atoms with van der Waals surface area (Å²) in [7, 11) is -1.62. The first-order valence-corrected chi connectivity index (χ1v) is 9.54. The second-order valence-electron chi connectivity index (χ2n) is 5.43. The lowest BCUT2D eigenvalue weighted by Gasteiger charge is -2.24. The molecule has 2 aromatic carbocycles. The zero-order valence-corrected chi connectivity index (χ0v) is 16.3. The van der Waals surface area contributed by atoms with Crippen molar-refractivity contribution in [2.24, 2.45) is 0 Å². The van der Waals surface area contributed by atoms with E-state index in [1.165, 1.54) is 32.4 Å². The van der Waals surface area contributed by atoms with Gasteiger partial charge in [-0.05, 0) is 31.2 Å². The molecule has 10 heteroatoms. The molecule has 0 aromatic heterocycles. The Kier molecular flexibility index (Phi) is 6.79. The van der Waals surface area contributed by atoms with Gasteiger partial charge < -0.3 is 14.2 Å². The van der Waals surface area contributed by atoms with Crippen LogP contribution in [0.15, 0.2) is 41.3 Å². The molecule has 0 saturated carbocycles. The van der Waals surface area contributed by atoms with Gasteiger partial charge in [-0.1, -0.05) is 0 Å². The molecule has 0 unspecified atom stereocenters. The first kappa shape index (κ1) is 21.4. The average molecular weight is 415 g/mol. The Balaban J connectivity index is 2.57. The zero-order chi connectivity index (χ0) is 20.9. The van der Waals surface area contributed by atoms with Crippen molar-refractivity contribution < 1.29 is 36.2 Å². The van der Waals surface area contributed by atoms with Crippen LogP contribution < -0.4 is 13.8 Å². The fraction of sp³-hybridized carbons (Fsp3) is 0.278. The molecule has 0 atom stereocenters. The molecule has 28 heavy (non-hydrogen) atoms. The van der Waals surface area contributed by atoms with E-state index in [4.69, 9.17) is 14.2 Å². The molecule has 0 N–H and O–H groups in total. The number of ether oxygens (including phenoxy) is 3. The number of hydrogen-bond acceptors (Lipinski definition) is 6. The van der Waals surface area contributed by atoms with Crippen LogP contribution in [0.2, 0.25) is 0 Å². The molecule has 2 rings (SSSR count). The van der Waals surface area contributed by atoms with Gasteiger partial charge in [-0.15, -0.1) is 0 Å². The Morgan fingerprint density at radius 2 is 1.68 bits per heavy atom. The minimum atomic E-state index is -4.35. The number of benzene rings is 2. The predicted octanol–water partition coefficient (Wildman–Crippen LogP) is 2.74. The maximum absolute atomic E-state index is 13.7. The highest BCUT2D eigenvalue weighted by Gasteiger charge is 2.29. The number of anilines is 1. The first-order chi connectivity index (χ1) is 13.2. The zero-order valence-electron chi connectivity index (χ0n) is 15.4. The van der Waals surface area contributed by atoms with Crippen LogP contribution in [-0.2, 0) is 19.6 Å². The summed E-state index contributed by atoms with van der Waals surface area (Å²) in [6.45, 7) is 0.860. The summed E-state index contributed by atoms with van der Waals surface area (Å²) in [6, 6.07) is 6.33. The molecule has 0 saturated heterocycles. The number of rotatable bonds is 8. The van der Waals surface area contributed by atoms with Gasteiger partial charge in [0.25, 0.3) is 10.0 Å². The standard InChI is InChI=1S/C18H19F2NO6S/c1-4-27-18(22)11-21(12-5-7-14(19)15(20)9-12)28(23,24)13-6-8-16(25-2)17(10-13)26-3/h5-10H,4,11H2,1-3H3. The SMILES string of the molecule is CCOC(=O)CN(c1ccc(F)c(F)c1)S(=O)(=O)c1ccc(OC)c(OC)c1. The summed E-state index contributed by atoms with van der Waals surface area (Å²) in [4.78, 5) is 11.7. The van der Waals surface area contributed by atoms with Crippen LogP contribution >= 0.6 is 0 Å². The monoisotopic (exact) mass is 415 g/mol. The van der Waals surface area contributed by atoms with E-state index in [9.17, 15) is 22.0 Å². The predicted molar refractivity (Wildman–Crippen MR) is 97.1 cm³/mol. The van der Waals surface area contributed by atoms with E-state index in [1.807, 2.05) is 0 Å². The number of nitrogens with zero attached hydrogens (tertiary/aromatic N) is 1. The van der Waals surface area contributed by atoms with E-state index >= 15 is 0 Å². The molecule has 0 amide bonds. The van der Waals surface area contributed by atoms with Crippen molar-refractivity contribution in [1.82, 2.24) is 0 Å². The summed E-state index contributed by atoms with van der Waals surface area (Å²) >= 11 is 0. The van der Waals surface area contributed by atoms with Crippen molar-refractivity contribution in [3.8, 4) is 11.5 Å². The third-order valence-corrected chi connectivity index (χ3v) is 5.48. The largest absolute Gasteiger partial charge is 0.493 e. The van der Waals surface area contributed by atoms with Crippen molar-refractivity contribution in [3.05, 3.63) is 48.0 Å². The number of sulfonamides is 1. The number of hydrogen-bond donors (Lipinski definition) is 0. The van der Waals surface area contributed by atoms with Crippen LogP contribution in [0.5, 0.6) is 11.5 Å². The topological polar surface area (TPSA) is 82.1 Å². The van der Waals surface area contributed by atoms with Crippen LogP contribution in [0.4, 0.5) is 14.5 Å². The van der Waals surface area contributed by atoms with Gasteiger partial charge in [0.2, 0.25) is 0 Å². The lowest BCUT2D eigenvalue weighted by molar-refractivity contribution is -0.141. The van der Waals surface area contributed by atoms with Crippen LogP contribution in [0.1, 0.15) is 6.92 Å². The summed E-state index contributed by atoms with van der Waals surface area (Å²) in [5.74, 6) is -2.82. The molecular formula is C18H19F2NO6S. The average Bonchev–Trinajstić information content (AvgIpc) is 2.67. The number of halogens is 2. The molecule has 0 aliphatic rings. The summed E-state index contributed by atoms with van der Waals surface area (Å²) in [5.41, 5.74) is -0.235. The Labute approximate surface area is 161 Å². The van der Waals surface area contributed by atoms with Crippen LogP contribution in [-0.4, -0.2) is 41.8 Å². The second kappa shape index (κ2) is 8.87. The number of esters is 1. The second-order valence-corrected chi connectivity index (χ2v) is 7.29. The summed E-state index contributed by atoms with van der Waals surface area (Å²) in [5, 5.41) is 0. The van der Waals surface area contributed by atoms with E-state index in [2.05, 4.69) is 0 Å². The first-order valence-electron chi connectivity index (χ1n) is 8.10. The molecule has 0 bridgehead atoms. The normalized spacial score (nSPS) is 11.0. The third kappa shape index (κ3) is 4.50. The highest BCUT2D eigenvalue weighted by Crippen LogP contribution is 2.32. The Morgan fingerprint density at radius 3 is 2.25 bits per heavy atom. The quantitative estimate of drug-likeness (QED) is 0.617. The third-order valence-electron chi connectivity index (χ3n) is 3.71. The Bertz CT molecular complexity index is 965. The number of methoxy groups -OCH3 is 2. The molecule has 0 spiro atoms. The maximum atomic E-state index is 13.7. The lowest BCUT2D eigenvalue weighted by atomic mass is 10.3.